The third kappa shape index (κ3) is 6.18. The first kappa shape index (κ1) is 15.4. The van der Waals surface area contributed by atoms with E-state index >= 15 is 0 Å². The van der Waals surface area contributed by atoms with Crippen molar-refractivity contribution < 1.29 is 12.6 Å². The van der Waals surface area contributed by atoms with Crippen LogP contribution < -0.4 is 14.8 Å². The molecule has 108 valence electrons. The van der Waals surface area contributed by atoms with Gasteiger partial charge >= 0.3 is 16.1 Å². The van der Waals surface area contributed by atoms with Gasteiger partial charge in [-0.25, -0.2) is 0 Å². The van der Waals surface area contributed by atoms with E-state index in [4.69, 9.17) is 0 Å². The van der Waals surface area contributed by atoms with E-state index < -0.39 is 10.1 Å². The highest BCUT2D eigenvalue weighted by Crippen LogP contribution is 2.14. The van der Waals surface area contributed by atoms with Crippen LogP contribution in [-0.4, -0.2) is 41.7 Å². The van der Waals surface area contributed by atoms with Crippen molar-refractivity contribution >= 4 is 22.0 Å². The number of hydrogen-bond acceptors (Lipinski definition) is 8. The van der Waals surface area contributed by atoms with Crippen LogP contribution in [0.15, 0.2) is 0 Å². The number of hydrogen-bond donors (Lipinski definition) is 2. The maximum Gasteiger partial charge on any atom is 0.339 e. The molecule has 1 aromatic rings. The van der Waals surface area contributed by atoms with E-state index in [0.29, 0.717) is 0 Å². The van der Waals surface area contributed by atoms with Crippen LogP contribution in [-0.2, 0) is 10.1 Å². The minimum absolute atomic E-state index is 0.0976. The molecule has 0 aliphatic rings. The van der Waals surface area contributed by atoms with Crippen molar-refractivity contribution in [1.82, 2.24) is 15.0 Å². The zero-order valence-electron chi connectivity index (χ0n) is 11.6. The quantitative estimate of drug-likeness (QED) is 0.742. The highest BCUT2D eigenvalue weighted by Gasteiger charge is 2.13. The van der Waals surface area contributed by atoms with Crippen LogP contribution in [0.2, 0.25) is 0 Å². The molecule has 0 amide bonds. The maximum absolute atomic E-state index is 11.1. The number of nitrogens with zero attached hydrogens (tertiary/aromatic N) is 3. The van der Waals surface area contributed by atoms with Gasteiger partial charge in [0.1, 0.15) is 0 Å². The highest BCUT2D eigenvalue weighted by atomic mass is 32.2. The Bertz CT molecular complexity index is 502. The molecule has 0 radical (unpaired) electrons. The summed E-state index contributed by atoms with van der Waals surface area (Å²) in [6, 6.07) is -0.0652. The zero-order valence-corrected chi connectivity index (χ0v) is 12.4. The molecule has 0 bridgehead atoms. The van der Waals surface area contributed by atoms with Gasteiger partial charge in [-0.2, -0.15) is 23.4 Å². The monoisotopic (exact) mass is 289 g/mol. The van der Waals surface area contributed by atoms with Gasteiger partial charge in [-0.1, -0.05) is 0 Å². The summed E-state index contributed by atoms with van der Waals surface area (Å²) in [5.41, 5.74) is 0. The fourth-order valence-electron chi connectivity index (χ4n) is 1.17. The summed E-state index contributed by atoms with van der Waals surface area (Å²) < 4.78 is 26.9. The van der Waals surface area contributed by atoms with Crippen LogP contribution in [0.4, 0.5) is 11.9 Å². The normalized spacial score (nSPS) is 11.7. The summed E-state index contributed by atoms with van der Waals surface area (Å²) in [7, 11) is -3.68. The van der Waals surface area contributed by atoms with Crippen molar-refractivity contribution in [2.75, 3.05) is 16.9 Å². The molecule has 0 unspecified atom stereocenters. The smallest absolute Gasteiger partial charge is 0.339 e. The molecule has 0 saturated carbocycles. The van der Waals surface area contributed by atoms with Gasteiger partial charge in [-0.15, -0.1) is 0 Å². The first-order valence-corrected chi connectivity index (χ1v) is 7.66. The van der Waals surface area contributed by atoms with Crippen LogP contribution in [0.5, 0.6) is 6.01 Å². The van der Waals surface area contributed by atoms with E-state index in [1.807, 2.05) is 27.7 Å². The number of anilines is 2. The molecule has 19 heavy (non-hydrogen) atoms. The molecule has 0 fully saturated rings. The molecule has 1 aromatic heterocycles. The van der Waals surface area contributed by atoms with Crippen LogP contribution in [0.1, 0.15) is 27.7 Å². The van der Waals surface area contributed by atoms with E-state index in [-0.39, 0.29) is 30.0 Å². The topological polar surface area (TPSA) is 106 Å². The lowest BCUT2D eigenvalue weighted by Crippen LogP contribution is -2.18. The summed E-state index contributed by atoms with van der Waals surface area (Å²) >= 11 is 0. The minimum atomic E-state index is -3.68. The fraction of sp³-hybridized carbons (Fsp3) is 0.700. The Kier molecular flexibility index (Phi) is 4.87. The van der Waals surface area contributed by atoms with Crippen molar-refractivity contribution in [2.45, 2.75) is 39.8 Å². The highest BCUT2D eigenvalue weighted by molar-refractivity contribution is 7.86. The predicted molar refractivity (Wildman–Crippen MR) is 72.8 cm³/mol. The Morgan fingerprint density at radius 1 is 0.947 bits per heavy atom. The first-order valence-electron chi connectivity index (χ1n) is 5.84. The van der Waals surface area contributed by atoms with Gasteiger partial charge < -0.3 is 14.8 Å². The van der Waals surface area contributed by atoms with Crippen molar-refractivity contribution in [3.8, 4) is 6.01 Å². The van der Waals surface area contributed by atoms with E-state index in [1.54, 1.807) is 0 Å². The Morgan fingerprint density at radius 3 is 1.68 bits per heavy atom. The van der Waals surface area contributed by atoms with Gasteiger partial charge in [-0.05, 0) is 27.7 Å². The van der Waals surface area contributed by atoms with Crippen molar-refractivity contribution in [1.29, 1.82) is 0 Å². The summed E-state index contributed by atoms with van der Waals surface area (Å²) in [6.07, 6.45) is 0.932. The van der Waals surface area contributed by atoms with E-state index in [9.17, 15) is 8.42 Å². The molecule has 2 N–H and O–H groups in total. The second-order valence-corrected chi connectivity index (χ2v) is 6.23. The third-order valence-electron chi connectivity index (χ3n) is 1.68. The van der Waals surface area contributed by atoms with Crippen LogP contribution >= 0.6 is 0 Å². The fourth-order valence-corrected chi connectivity index (χ4v) is 1.52. The van der Waals surface area contributed by atoms with Crippen LogP contribution in [0, 0.1) is 0 Å². The van der Waals surface area contributed by atoms with E-state index in [2.05, 4.69) is 29.8 Å². The molecule has 0 aromatic carbocycles. The molecule has 1 rings (SSSR count). The average Bonchev–Trinajstić information content (AvgIpc) is 2.10. The molecule has 0 atom stereocenters. The summed E-state index contributed by atoms with van der Waals surface area (Å²) in [6.45, 7) is 7.65. The van der Waals surface area contributed by atoms with Crippen molar-refractivity contribution in [3.05, 3.63) is 0 Å². The number of aromatic nitrogens is 3. The van der Waals surface area contributed by atoms with Gasteiger partial charge in [0, 0.05) is 12.1 Å². The summed E-state index contributed by atoms with van der Waals surface area (Å²) in [4.78, 5) is 11.9. The van der Waals surface area contributed by atoms with Crippen LogP contribution in [0.3, 0.4) is 0 Å². The van der Waals surface area contributed by atoms with Gasteiger partial charge in [0.05, 0.1) is 6.26 Å². The molecule has 9 heteroatoms. The molecular formula is C10H19N5O3S. The standard InChI is InChI=1S/C10H19N5O3S/c1-6(2)11-8-13-9(12-7(3)4)15-10(14-8)18-19(5,16)17/h6-7H,1-5H3,(H2,11,12,13,14,15). The third-order valence-corrected chi connectivity index (χ3v) is 2.13. The average molecular weight is 289 g/mol. The molecule has 0 aliphatic carbocycles. The second kappa shape index (κ2) is 6.00. The van der Waals surface area contributed by atoms with Crippen molar-refractivity contribution in [3.63, 3.8) is 0 Å². The lowest BCUT2D eigenvalue weighted by Gasteiger charge is -2.12. The Hall–Kier alpha value is -1.64. The molecule has 1 heterocycles. The molecule has 0 aliphatic heterocycles. The maximum atomic E-state index is 11.1. The Morgan fingerprint density at radius 2 is 1.37 bits per heavy atom. The largest absolute Gasteiger partial charge is 0.352 e. The van der Waals surface area contributed by atoms with Crippen LogP contribution in [0.25, 0.3) is 0 Å². The summed E-state index contributed by atoms with van der Waals surface area (Å²) in [5, 5.41) is 5.93. The molecule has 0 saturated heterocycles. The van der Waals surface area contributed by atoms with E-state index in [1.165, 1.54) is 0 Å². The van der Waals surface area contributed by atoms with Crippen molar-refractivity contribution in [2.24, 2.45) is 0 Å². The first-order chi connectivity index (χ1) is 8.65. The number of rotatable bonds is 6. The number of nitrogens with one attached hydrogen (secondary N) is 2. The molecule has 0 spiro atoms. The van der Waals surface area contributed by atoms with Gasteiger partial charge in [0.25, 0.3) is 0 Å². The Balaban J connectivity index is 3.08. The molecule has 8 nitrogen and oxygen atoms in total. The SMILES string of the molecule is CC(C)Nc1nc(NC(C)C)nc(OS(C)(=O)=O)n1. The lowest BCUT2D eigenvalue weighted by molar-refractivity contribution is 0.469. The van der Waals surface area contributed by atoms with Gasteiger partial charge in [-0.3, -0.25) is 0 Å². The second-order valence-electron chi connectivity index (χ2n) is 4.65. The zero-order chi connectivity index (χ0) is 14.6. The summed E-state index contributed by atoms with van der Waals surface area (Å²) in [5.74, 6) is 0.513. The lowest BCUT2D eigenvalue weighted by atomic mass is 10.4. The van der Waals surface area contributed by atoms with Gasteiger partial charge in [0.15, 0.2) is 0 Å². The van der Waals surface area contributed by atoms with E-state index in [0.717, 1.165) is 6.26 Å². The Labute approximate surface area is 113 Å². The molecular weight excluding hydrogens is 270 g/mol. The minimum Gasteiger partial charge on any atom is -0.352 e. The van der Waals surface area contributed by atoms with Gasteiger partial charge in [0.2, 0.25) is 11.9 Å². The predicted octanol–water partition coefficient (Wildman–Crippen LogP) is 0.851.